The fourth-order valence-electron chi connectivity index (χ4n) is 4.48. The zero-order chi connectivity index (χ0) is 32.3. The molecule has 234 valence electrons. The summed E-state index contributed by atoms with van der Waals surface area (Å²) in [6.07, 6.45) is -14.1. The van der Waals surface area contributed by atoms with E-state index in [0.717, 1.165) is 36.4 Å². The third kappa shape index (κ3) is 8.01. The summed E-state index contributed by atoms with van der Waals surface area (Å²) < 4.78 is 140. The molecule has 0 aliphatic carbocycles. The summed E-state index contributed by atoms with van der Waals surface area (Å²) >= 11 is 0. The molecule has 1 N–H and O–H groups in total. The maximum atomic E-state index is 14.9. The van der Waals surface area contributed by atoms with Crippen LogP contribution in [0.25, 0.3) is 0 Å². The number of ether oxygens (including phenoxy) is 1. The Hall–Kier alpha value is -4.26. The molecule has 0 spiro atoms. The lowest BCUT2D eigenvalue weighted by molar-refractivity contribution is -0.138. The minimum Gasteiger partial charge on any atom is -0.489 e. The van der Waals surface area contributed by atoms with Crippen LogP contribution in [0.3, 0.4) is 0 Å². The monoisotopic (exact) mass is 631 g/mol. The predicted octanol–water partition coefficient (Wildman–Crippen LogP) is 9.20. The van der Waals surface area contributed by atoms with Crippen LogP contribution in [0.2, 0.25) is 0 Å². The van der Waals surface area contributed by atoms with Crippen molar-refractivity contribution in [1.82, 2.24) is 0 Å². The number of hydrogen-bond donors (Lipinski definition) is 1. The van der Waals surface area contributed by atoms with Gasteiger partial charge in [0.1, 0.15) is 18.2 Å². The van der Waals surface area contributed by atoms with E-state index in [-0.39, 0.29) is 34.7 Å². The van der Waals surface area contributed by atoms with E-state index in [9.17, 15) is 49.0 Å². The number of aliphatic hydroxyl groups excluding tert-OH is 1. The molecule has 0 fully saturated rings. The first-order valence-electron chi connectivity index (χ1n) is 12.9. The second kappa shape index (κ2) is 12.8. The molecule has 4 rings (SSSR count). The van der Waals surface area contributed by atoms with Gasteiger partial charge in [-0.2, -0.15) is 39.5 Å². The smallest absolute Gasteiger partial charge is 0.416 e. The highest BCUT2D eigenvalue weighted by Crippen LogP contribution is 2.37. The van der Waals surface area contributed by atoms with E-state index >= 15 is 0 Å². The first-order valence-corrected chi connectivity index (χ1v) is 12.9. The van der Waals surface area contributed by atoms with Gasteiger partial charge >= 0.3 is 18.5 Å². The van der Waals surface area contributed by atoms with Crippen LogP contribution in [0.1, 0.15) is 39.4 Å². The van der Waals surface area contributed by atoms with Crippen molar-refractivity contribution in [2.24, 2.45) is 0 Å². The van der Waals surface area contributed by atoms with Gasteiger partial charge in [0.2, 0.25) is 0 Å². The van der Waals surface area contributed by atoms with Crippen LogP contribution in [0, 0.1) is 5.82 Å². The second-order valence-corrected chi connectivity index (χ2v) is 9.74. The molecule has 4 aromatic rings. The minimum atomic E-state index is -4.82. The first kappa shape index (κ1) is 32.6. The van der Waals surface area contributed by atoms with Crippen LogP contribution in [0.5, 0.6) is 5.75 Å². The number of nitrogens with zero attached hydrogens (tertiary/aromatic N) is 1. The van der Waals surface area contributed by atoms with Gasteiger partial charge in [-0.1, -0.05) is 36.4 Å². The average Bonchev–Trinajstić information content (AvgIpc) is 2.96. The second-order valence-electron chi connectivity index (χ2n) is 9.74. The summed E-state index contributed by atoms with van der Waals surface area (Å²) in [5.41, 5.74) is -3.07. The highest BCUT2D eigenvalue weighted by Gasteiger charge is 2.34. The quantitative estimate of drug-likeness (QED) is 0.187. The SMILES string of the molecule is OCC(c1cccc(C(F)(F)F)c1)N(Cc1ccc(C(F)(F)F)cc1F)c1cccc(OCc2cccc(C(F)(F)F)c2)c1. The molecule has 0 amide bonds. The van der Waals surface area contributed by atoms with Gasteiger partial charge < -0.3 is 14.7 Å². The van der Waals surface area contributed by atoms with Crippen LogP contribution in [0.15, 0.2) is 91.0 Å². The number of anilines is 1. The maximum Gasteiger partial charge on any atom is 0.416 e. The molecule has 0 heterocycles. The zero-order valence-corrected chi connectivity index (χ0v) is 22.4. The molecule has 0 aliphatic rings. The van der Waals surface area contributed by atoms with Crippen LogP contribution in [0.4, 0.5) is 49.6 Å². The summed E-state index contributed by atoms with van der Waals surface area (Å²) in [6, 6.07) is 14.8. The summed E-state index contributed by atoms with van der Waals surface area (Å²) in [7, 11) is 0. The van der Waals surface area contributed by atoms with Crippen LogP contribution < -0.4 is 9.64 Å². The number of rotatable bonds is 9. The highest BCUT2D eigenvalue weighted by molar-refractivity contribution is 5.54. The van der Waals surface area contributed by atoms with E-state index in [1.54, 1.807) is 0 Å². The van der Waals surface area contributed by atoms with E-state index in [0.29, 0.717) is 12.1 Å². The lowest BCUT2D eigenvalue weighted by atomic mass is 10.0. The highest BCUT2D eigenvalue weighted by atomic mass is 19.4. The van der Waals surface area contributed by atoms with Crippen molar-refractivity contribution in [3.05, 3.63) is 130 Å². The average molecular weight is 632 g/mol. The number of benzene rings is 4. The topological polar surface area (TPSA) is 32.7 Å². The lowest BCUT2D eigenvalue weighted by Crippen LogP contribution is -2.31. The Morgan fingerprint density at radius 2 is 1.25 bits per heavy atom. The fraction of sp³-hybridized carbons (Fsp3) is 0.226. The van der Waals surface area contributed by atoms with Gasteiger partial charge in [-0.15, -0.1) is 0 Å². The van der Waals surface area contributed by atoms with Gasteiger partial charge in [0, 0.05) is 23.9 Å². The number of aliphatic hydroxyl groups is 1. The van der Waals surface area contributed by atoms with Gasteiger partial charge in [0.25, 0.3) is 0 Å². The number of halogens is 10. The summed E-state index contributed by atoms with van der Waals surface area (Å²) in [5, 5.41) is 10.3. The Bertz CT molecular complexity index is 1580. The molecule has 4 aromatic carbocycles. The first-order chi connectivity index (χ1) is 20.6. The van der Waals surface area contributed by atoms with Crippen LogP contribution in [-0.4, -0.2) is 11.7 Å². The summed E-state index contributed by atoms with van der Waals surface area (Å²) in [6.45, 7) is -1.56. The molecule has 0 saturated carbocycles. The van der Waals surface area contributed by atoms with Gasteiger partial charge in [-0.25, -0.2) is 4.39 Å². The predicted molar refractivity (Wildman–Crippen MR) is 141 cm³/mol. The van der Waals surface area contributed by atoms with Crippen molar-refractivity contribution < 1.29 is 53.7 Å². The van der Waals surface area contributed by atoms with E-state index < -0.39 is 60.2 Å². The van der Waals surface area contributed by atoms with Crippen molar-refractivity contribution in [2.45, 2.75) is 37.7 Å². The van der Waals surface area contributed by atoms with Crippen LogP contribution >= 0.6 is 0 Å². The molecule has 0 aliphatic heterocycles. The molecule has 44 heavy (non-hydrogen) atoms. The van der Waals surface area contributed by atoms with Crippen LogP contribution in [-0.2, 0) is 31.7 Å². The largest absolute Gasteiger partial charge is 0.489 e. The van der Waals surface area contributed by atoms with Crippen molar-refractivity contribution in [3.8, 4) is 5.75 Å². The molecule has 0 bridgehead atoms. The molecule has 0 radical (unpaired) electrons. The summed E-state index contributed by atoms with van der Waals surface area (Å²) in [5.74, 6) is -1.12. The van der Waals surface area contributed by atoms with Crippen molar-refractivity contribution in [3.63, 3.8) is 0 Å². The third-order valence-electron chi connectivity index (χ3n) is 6.68. The normalized spacial score (nSPS) is 13.1. The molecule has 3 nitrogen and oxygen atoms in total. The van der Waals surface area contributed by atoms with E-state index in [4.69, 9.17) is 4.74 Å². The standard InChI is InChI=1S/C31H23F10NO2/c32-27-14-24(31(39,40)41)11-10-21(27)16-42(28(17-43)20-5-2-7-23(13-20)30(36,37)38)25-8-3-9-26(15-25)44-18-19-4-1-6-22(12-19)29(33,34)35/h1-15,28,43H,16-18H2. The lowest BCUT2D eigenvalue weighted by Gasteiger charge is -2.34. The van der Waals surface area contributed by atoms with Crippen molar-refractivity contribution in [1.29, 1.82) is 0 Å². The molecule has 1 atom stereocenters. The molecule has 0 aromatic heterocycles. The van der Waals surface area contributed by atoms with Crippen molar-refractivity contribution in [2.75, 3.05) is 11.5 Å². The van der Waals surface area contributed by atoms with Gasteiger partial charge in [-0.3, -0.25) is 0 Å². The zero-order valence-electron chi connectivity index (χ0n) is 22.4. The number of alkyl halides is 9. The maximum absolute atomic E-state index is 14.9. The Kier molecular flexibility index (Phi) is 9.47. The molecule has 1 unspecified atom stereocenters. The molecule has 13 heteroatoms. The Morgan fingerprint density at radius 3 is 1.86 bits per heavy atom. The van der Waals surface area contributed by atoms with Gasteiger partial charge in [0.05, 0.1) is 29.3 Å². The van der Waals surface area contributed by atoms with Gasteiger partial charge in [-0.05, 0) is 59.7 Å². The Balaban J connectivity index is 1.71. The molecular weight excluding hydrogens is 608 g/mol. The Morgan fingerprint density at radius 1 is 0.659 bits per heavy atom. The molecular formula is C31H23F10NO2. The molecule has 0 saturated heterocycles. The fourth-order valence-corrected chi connectivity index (χ4v) is 4.48. The van der Waals surface area contributed by atoms with E-state index in [1.165, 1.54) is 47.4 Å². The third-order valence-corrected chi connectivity index (χ3v) is 6.68. The summed E-state index contributed by atoms with van der Waals surface area (Å²) in [4.78, 5) is 1.29. The van der Waals surface area contributed by atoms with Crippen molar-refractivity contribution >= 4 is 5.69 Å². The van der Waals surface area contributed by atoms with E-state index in [1.807, 2.05) is 0 Å². The number of hydrogen-bond acceptors (Lipinski definition) is 3. The van der Waals surface area contributed by atoms with Gasteiger partial charge in [0.15, 0.2) is 0 Å². The minimum absolute atomic E-state index is 0.0232. The van der Waals surface area contributed by atoms with E-state index in [2.05, 4.69) is 0 Å². The Labute approximate surface area is 244 Å².